The van der Waals surface area contributed by atoms with Crippen molar-refractivity contribution in [3.05, 3.63) is 114 Å². The van der Waals surface area contributed by atoms with Crippen LogP contribution in [0.15, 0.2) is 85.2 Å². The molecule has 0 aliphatic rings. The zero-order chi connectivity index (χ0) is 36.1. The number of alkyl halides is 3. The Balaban J connectivity index is 0.000000630. The van der Waals surface area contributed by atoms with E-state index in [1.807, 2.05) is 48.7 Å². The Hall–Kier alpha value is -5.63. The number of hydrogen-bond donors (Lipinski definition) is 5. The summed E-state index contributed by atoms with van der Waals surface area (Å²) in [6, 6.07) is 24.0. The molecule has 0 radical (unpaired) electrons. The predicted octanol–water partition coefficient (Wildman–Crippen LogP) is 5.85. The van der Waals surface area contributed by atoms with Crippen LogP contribution in [0, 0.1) is 0 Å². The third-order valence-corrected chi connectivity index (χ3v) is 8.17. The fourth-order valence-electron chi connectivity index (χ4n) is 5.57. The minimum absolute atomic E-state index is 0.256. The van der Waals surface area contributed by atoms with Gasteiger partial charge in [0.1, 0.15) is 11.6 Å². The highest BCUT2D eigenvalue weighted by Crippen LogP contribution is 2.27. The Morgan fingerprint density at radius 3 is 2.12 bits per heavy atom. The Bertz CT molecular complexity index is 2090. The van der Waals surface area contributed by atoms with Gasteiger partial charge >= 0.3 is 12.1 Å². The van der Waals surface area contributed by atoms with Crippen LogP contribution in [0.4, 0.5) is 13.2 Å². The highest BCUT2D eigenvalue weighted by atomic mass is 19.4. The third kappa shape index (κ3) is 8.50. The van der Waals surface area contributed by atoms with Gasteiger partial charge in [-0.25, -0.2) is 4.79 Å². The first kappa shape index (κ1) is 35.7. The highest BCUT2D eigenvalue weighted by molar-refractivity contribution is 5.86. The van der Waals surface area contributed by atoms with Crippen LogP contribution in [-0.2, 0) is 35.4 Å². The maximum Gasteiger partial charge on any atom is 0.490 e. The number of benzene rings is 3. The number of nitrogens with one attached hydrogen (secondary N) is 3. The number of carbonyl (C=O) groups is 2. The first-order valence-corrected chi connectivity index (χ1v) is 15.8. The minimum Gasteiger partial charge on any atom is -0.497 e. The lowest BCUT2D eigenvalue weighted by atomic mass is 10.0. The van der Waals surface area contributed by atoms with E-state index in [4.69, 9.17) is 30.6 Å². The molecule has 262 valence electrons. The predicted molar refractivity (Wildman–Crippen MR) is 183 cm³/mol. The second-order valence-electron chi connectivity index (χ2n) is 12.4. The molecule has 0 aliphatic carbocycles. The quantitative estimate of drug-likeness (QED) is 0.114. The van der Waals surface area contributed by atoms with E-state index in [9.17, 15) is 18.0 Å². The number of nitrogens with zero attached hydrogens (tertiary/aromatic N) is 3. The summed E-state index contributed by atoms with van der Waals surface area (Å²) in [7, 11) is 1.66. The lowest BCUT2D eigenvalue weighted by Gasteiger charge is -2.25. The van der Waals surface area contributed by atoms with Crippen molar-refractivity contribution >= 4 is 33.7 Å². The highest BCUT2D eigenvalue weighted by Gasteiger charge is 2.38. The lowest BCUT2D eigenvalue weighted by Crippen LogP contribution is -2.50. The van der Waals surface area contributed by atoms with Gasteiger partial charge in [-0.1, -0.05) is 48.5 Å². The molecule has 3 heterocycles. The molecule has 0 bridgehead atoms. The molecular weight excluding hydrogens is 651 g/mol. The fourth-order valence-corrected chi connectivity index (χ4v) is 5.57. The molecule has 3 aromatic carbocycles. The summed E-state index contributed by atoms with van der Waals surface area (Å²) < 4.78 is 39.4. The van der Waals surface area contributed by atoms with Crippen molar-refractivity contribution in [2.24, 2.45) is 5.73 Å². The summed E-state index contributed by atoms with van der Waals surface area (Å²) in [5.41, 5.74) is 10.7. The van der Waals surface area contributed by atoms with E-state index in [0.717, 1.165) is 45.5 Å². The minimum atomic E-state index is -5.08. The number of H-pyrrole nitrogens is 2. The standard InChI is InChI=1S/C34H37N7O2.C2HF3O2/c1-34(2,35)33(42)38-30(18-24-20-37-29-14-7-5-12-27(24)29)32-40-39-31(41(32)21-22-9-8-10-25(17-22)43-3)16-15-23-19-36-28-13-6-4-11-26(23)28;3-2(4,5)1(6)7/h4-14,17,19-20,30,36-37H,15-16,18,21,35H2,1-3H3,(H,38,42);(H,6,7)/t30-;/m1./s1. The largest absolute Gasteiger partial charge is 0.497 e. The van der Waals surface area contributed by atoms with Crippen LogP contribution in [0.1, 0.15) is 48.2 Å². The van der Waals surface area contributed by atoms with E-state index < -0.39 is 23.7 Å². The van der Waals surface area contributed by atoms with Crippen molar-refractivity contribution in [1.82, 2.24) is 30.0 Å². The van der Waals surface area contributed by atoms with Gasteiger partial charge < -0.3 is 35.4 Å². The van der Waals surface area contributed by atoms with Crippen molar-refractivity contribution in [3.63, 3.8) is 0 Å². The molecular formula is C36H38F3N7O4. The smallest absolute Gasteiger partial charge is 0.490 e. The van der Waals surface area contributed by atoms with Crippen molar-refractivity contribution in [2.75, 3.05) is 7.11 Å². The Labute approximate surface area is 285 Å². The molecule has 6 rings (SSSR count). The number of carbonyl (C=O) groups excluding carboxylic acids is 1. The summed E-state index contributed by atoms with van der Waals surface area (Å²) in [5, 5.41) is 22.1. The Kier molecular flexibility index (Phi) is 10.6. The normalized spacial score (nSPS) is 12.4. The van der Waals surface area contributed by atoms with Crippen molar-refractivity contribution < 1.29 is 32.6 Å². The molecule has 50 heavy (non-hydrogen) atoms. The molecule has 14 heteroatoms. The number of para-hydroxylation sites is 2. The van der Waals surface area contributed by atoms with Crippen molar-refractivity contribution in [2.45, 2.75) is 57.4 Å². The van der Waals surface area contributed by atoms with Gasteiger partial charge in [0.15, 0.2) is 5.82 Å². The molecule has 3 aromatic heterocycles. The second kappa shape index (κ2) is 14.9. The fraction of sp³-hybridized carbons (Fsp3) is 0.278. The molecule has 0 aliphatic heterocycles. The van der Waals surface area contributed by atoms with Crippen molar-refractivity contribution in [1.29, 1.82) is 0 Å². The number of carboxylic acids is 1. The number of aromatic nitrogens is 5. The zero-order valence-corrected chi connectivity index (χ0v) is 27.7. The summed E-state index contributed by atoms with van der Waals surface area (Å²) in [6.07, 6.45) is 0.963. The van der Waals surface area contributed by atoms with E-state index in [-0.39, 0.29) is 5.91 Å². The van der Waals surface area contributed by atoms with Gasteiger partial charge in [-0.2, -0.15) is 13.2 Å². The number of carboxylic acid groups (broad SMARTS) is 1. The van der Waals surface area contributed by atoms with Crippen LogP contribution in [0.2, 0.25) is 0 Å². The number of methoxy groups -OCH3 is 1. The topological polar surface area (TPSA) is 164 Å². The Morgan fingerprint density at radius 2 is 1.52 bits per heavy atom. The van der Waals surface area contributed by atoms with Crippen LogP contribution in [0.3, 0.4) is 0 Å². The van der Waals surface area contributed by atoms with Crippen LogP contribution in [0.5, 0.6) is 5.75 Å². The van der Waals surface area contributed by atoms with Gasteiger partial charge in [-0.05, 0) is 61.2 Å². The van der Waals surface area contributed by atoms with Gasteiger partial charge in [0.25, 0.3) is 0 Å². The number of aliphatic carboxylic acids is 1. The number of nitrogens with two attached hydrogens (primary N) is 1. The SMILES string of the molecule is COc1cccc(Cn2c(CCc3c[nH]c4ccccc34)nnc2[C@@H](Cc2c[nH]c3ccccc23)NC(=O)C(C)(C)N)c1.O=C(O)C(F)(F)F. The maximum atomic E-state index is 13.3. The van der Waals surface area contributed by atoms with Crippen LogP contribution in [0.25, 0.3) is 21.8 Å². The molecule has 0 unspecified atom stereocenters. The number of hydrogen-bond acceptors (Lipinski definition) is 6. The summed E-state index contributed by atoms with van der Waals surface area (Å²) in [4.78, 5) is 28.9. The summed E-state index contributed by atoms with van der Waals surface area (Å²) in [6.45, 7) is 3.94. The molecule has 1 atom stereocenters. The molecule has 11 nitrogen and oxygen atoms in total. The van der Waals surface area contributed by atoms with Crippen LogP contribution in [-0.4, -0.2) is 60.5 Å². The van der Waals surface area contributed by atoms with Crippen LogP contribution >= 0.6 is 0 Å². The van der Waals surface area contributed by atoms with Gasteiger partial charge in [-0.15, -0.1) is 10.2 Å². The molecule has 6 aromatic rings. The number of aromatic amines is 2. The molecule has 0 spiro atoms. The van der Waals surface area contributed by atoms with Gasteiger partial charge in [0, 0.05) is 47.0 Å². The number of aryl methyl sites for hydroxylation is 2. The monoisotopic (exact) mass is 689 g/mol. The first-order chi connectivity index (χ1) is 23.7. The number of rotatable bonds is 11. The third-order valence-electron chi connectivity index (χ3n) is 8.17. The number of fused-ring (bicyclic) bond motifs is 2. The lowest BCUT2D eigenvalue weighted by molar-refractivity contribution is -0.192. The van der Waals surface area contributed by atoms with E-state index in [0.29, 0.717) is 25.2 Å². The molecule has 0 saturated heterocycles. The molecule has 6 N–H and O–H groups in total. The number of ether oxygens (including phenoxy) is 1. The van der Waals surface area contributed by atoms with Crippen molar-refractivity contribution in [3.8, 4) is 5.75 Å². The second-order valence-corrected chi connectivity index (χ2v) is 12.4. The summed E-state index contributed by atoms with van der Waals surface area (Å²) >= 11 is 0. The van der Waals surface area contributed by atoms with E-state index >= 15 is 0 Å². The zero-order valence-electron chi connectivity index (χ0n) is 27.7. The van der Waals surface area contributed by atoms with E-state index in [1.54, 1.807) is 21.0 Å². The van der Waals surface area contributed by atoms with Crippen LogP contribution < -0.4 is 15.8 Å². The molecule has 0 fully saturated rings. The van der Waals surface area contributed by atoms with E-state index in [1.165, 1.54) is 10.9 Å². The van der Waals surface area contributed by atoms with Gasteiger partial charge in [0.2, 0.25) is 5.91 Å². The molecule has 0 saturated carbocycles. The van der Waals surface area contributed by atoms with Gasteiger partial charge in [-0.3, -0.25) is 4.79 Å². The molecule has 1 amide bonds. The maximum absolute atomic E-state index is 13.3. The summed E-state index contributed by atoms with van der Waals surface area (Å²) in [5.74, 6) is -0.713. The van der Waals surface area contributed by atoms with Gasteiger partial charge in [0.05, 0.1) is 25.2 Å². The first-order valence-electron chi connectivity index (χ1n) is 15.8. The average Bonchev–Trinajstić information content (AvgIpc) is 3.80. The van der Waals surface area contributed by atoms with E-state index in [2.05, 4.69) is 56.4 Å². The average molecular weight is 690 g/mol. The number of amides is 1. The Morgan fingerprint density at radius 1 is 0.920 bits per heavy atom. The number of halogens is 3.